The molecule has 5 nitrogen and oxygen atoms in total. The molecule has 1 heterocycles. The van der Waals surface area contributed by atoms with E-state index in [1.54, 1.807) is 0 Å². The molecule has 0 spiro atoms. The standard InChI is InChI=1S/C16H24N2O3/c1-16(2,3)21-15(19)18-10-13(17)9-11-4-5-14-12(8-11)6-7-20-14/h4-5,8,13H,6-7,9-10,17H2,1-3H3,(H,18,19). The first-order chi connectivity index (χ1) is 9.83. The molecule has 116 valence electrons. The smallest absolute Gasteiger partial charge is 0.407 e. The fourth-order valence-corrected chi connectivity index (χ4v) is 2.27. The van der Waals surface area contributed by atoms with Gasteiger partial charge in [-0.3, -0.25) is 0 Å². The van der Waals surface area contributed by atoms with Crippen LogP contribution in [0.3, 0.4) is 0 Å². The van der Waals surface area contributed by atoms with Gasteiger partial charge in [-0.2, -0.15) is 0 Å². The number of carbonyl (C=O) groups is 1. The second-order valence-electron chi connectivity index (χ2n) is 6.39. The van der Waals surface area contributed by atoms with Gasteiger partial charge in [-0.25, -0.2) is 4.79 Å². The molecule has 1 amide bonds. The highest BCUT2D eigenvalue weighted by Crippen LogP contribution is 2.26. The van der Waals surface area contributed by atoms with Crippen molar-refractivity contribution in [1.29, 1.82) is 0 Å². The van der Waals surface area contributed by atoms with Crippen LogP contribution in [0.25, 0.3) is 0 Å². The highest BCUT2D eigenvalue weighted by atomic mass is 16.6. The van der Waals surface area contributed by atoms with E-state index in [9.17, 15) is 4.79 Å². The lowest BCUT2D eigenvalue weighted by Gasteiger charge is -2.20. The normalized spacial score (nSPS) is 15.0. The fraction of sp³-hybridized carbons (Fsp3) is 0.562. The molecule has 0 radical (unpaired) electrons. The zero-order valence-corrected chi connectivity index (χ0v) is 12.9. The number of hydrogen-bond donors (Lipinski definition) is 2. The van der Waals surface area contributed by atoms with Crippen LogP contribution < -0.4 is 15.8 Å². The van der Waals surface area contributed by atoms with Crippen LogP contribution in [0.15, 0.2) is 18.2 Å². The third kappa shape index (κ3) is 4.93. The van der Waals surface area contributed by atoms with Crippen LogP contribution >= 0.6 is 0 Å². The fourth-order valence-electron chi connectivity index (χ4n) is 2.27. The van der Waals surface area contributed by atoms with Gasteiger partial charge in [0.2, 0.25) is 0 Å². The molecule has 5 heteroatoms. The molecule has 1 unspecified atom stereocenters. The van der Waals surface area contributed by atoms with E-state index in [4.69, 9.17) is 15.2 Å². The third-order valence-corrected chi connectivity index (χ3v) is 3.16. The van der Waals surface area contributed by atoms with Gasteiger partial charge in [0.05, 0.1) is 6.61 Å². The summed E-state index contributed by atoms with van der Waals surface area (Å²) in [5.74, 6) is 0.971. The zero-order valence-electron chi connectivity index (χ0n) is 12.9. The summed E-state index contributed by atoms with van der Waals surface area (Å²) in [6.07, 6.45) is 1.23. The number of carbonyl (C=O) groups excluding carboxylic acids is 1. The minimum atomic E-state index is -0.492. The Morgan fingerprint density at radius 1 is 1.48 bits per heavy atom. The second kappa shape index (κ2) is 6.35. The summed E-state index contributed by atoms with van der Waals surface area (Å²) in [4.78, 5) is 11.6. The van der Waals surface area contributed by atoms with Crippen LogP contribution in [-0.4, -0.2) is 30.9 Å². The van der Waals surface area contributed by atoms with Crippen LogP contribution in [0.1, 0.15) is 31.9 Å². The molecule has 0 fully saturated rings. The molecule has 0 aliphatic carbocycles. The monoisotopic (exact) mass is 292 g/mol. The Morgan fingerprint density at radius 2 is 2.24 bits per heavy atom. The van der Waals surface area contributed by atoms with E-state index in [0.717, 1.165) is 24.3 Å². The lowest BCUT2D eigenvalue weighted by molar-refractivity contribution is 0.0524. The van der Waals surface area contributed by atoms with Crippen LogP contribution in [0.5, 0.6) is 5.75 Å². The number of nitrogens with two attached hydrogens (primary N) is 1. The molecular weight excluding hydrogens is 268 g/mol. The van der Waals surface area contributed by atoms with E-state index < -0.39 is 11.7 Å². The maximum atomic E-state index is 11.6. The van der Waals surface area contributed by atoms with Crippen LogP contribution in [0, 0.1) is 0 Å². The molecule has 21 heavy (non-hydrogen) atoms. The number of fused-ring (bicyclic) bond motifs is 1. The largest absolute Gasteiger partial charge is 0.493 e. The van der Waals surface area contributed by atoms with Crippen molar-refractivity contribution >= 4 is 6.09 Å². The average Bonchev–Trinajstić information content (AvgIpc) is 2.81. The van der Waals surface area contributed by atoms with Crippen molar-refractivity contribution in [3.05, 3.63) is 29.3 Å². The zero-order chi connectivity index (χ0) is 15.5. The summed E-state index contributed by atoms with van der Waals surface area (Å²) in [7, 11) is 0. The topological polar surface area (TPSA) is 73.6 Å². The maximum Gasteiger partial charge on any atom is 0.407 e. The second-order valence-corrected chi connectivity index (χ2v) is 6.39. The predicted octanol–water partition coefficient (Wildman–Crippen LogP) is 2.02. The molecule has 2 rings (SSSR count). The van der Waals surface area contributed by atoms with Crippen molar-refractivity contribution in [3.8, 4) is 5.75 Å². The number of nitrogens with one attached hydrogen (secondary N) is 1. The first-order valence-electron chi connectivity index (χ1n) is 7.30. The Kier molecular flexibility index (Phi) is 4.73. The summed E-state index contributed by atoms with van der Waals surface area (Å²) in [5, 5.41) is 2.70. The van der Waals surface area contributed by atoms with Crippen molar-refractivity contribution in [3.63, 3.8) is 0 Å². The molecule has 0 aromatic heterocycles. The van der Waals surface area contributed by atoms with Crippen molar-refractivity contribution in [2.75, 3.05) is 13.2 Å². The molecule has 0 saturated heterocycles. The molecule has 1 aromatic carbocycles. The molecule has 0 bridgehead atoms. The van der Waals surface area contributed by atoms with Crippen LogP contribution in [0.2, 0.25) is 0 Å². The van der Waals surface area contributed by atoms with E-state index in [2.05, 4.69) is 11.4 Å². The summed E-state index contributed by atoms with van der Waals surface area (Å²) in [6.45, 7) is 6.64. The maximum absolute atomic E-state index is 11.6. The summed E-state index contributed by atoms with van der Waals surface area (Å²) < 4.78 is 10.7. The molecular formula is C16H24N2O3. The SMILES string of the molecule is CC(C)(C)OC(=O)NCC(N)Cc1ccc2c(c1)CCO2. The minimum Gasteiger partial charge on any atom is -0.493 e. The van der Waals surface area contributed by atoms with Crippen molar-refractivity contribution in [2.45, 2.75) is 45.3 Å². The van der Waals surface area contributed by atoms with Crippen molar-refractivity contribution in [2.24, 2.45) is 5.73 Å². The van der Waals surface area contributed by atoms with Gasteiger partial charge >= 0.3 is 6.09 Å². The van der Waals surface area contributed by atoms with Crippen molar-refractivity contribution < 1.29 is 14.3 Å². The molecule has 1 aromatic rings. The molecule has 3 N–H and O–H groups in total. The minimum absolute atomic E-state index is 0.141. The van der Waals surface area contributed by atoms with Gasteiger partial charge in [0.1, 0.15) is 11.4 Å². The summed E-state index contributed by atoms with van der Waals surface area (Å²) >= 11 is 0. The Bertz CT molecular complexity index is 509. The summed E-state index contributed by atoms with van der Waals surface area (Å²) in [6, 6.07) is 6.01. The third-order valence-electron chi connectivity index (χ3n) is 3.16. The Labute approximate surface area is 125 Å². The molecule has 1 aliphatic heterocycles. The highest BCUT2D eigenvalue weighted by molar-refractivity contribution is 5.67. The Balaban J connectivity index is 1.79. The number of rotatable bonds is 4. The van der Waals surface area contributed by atoms with Crippen LogP contribution in [-0.2, 0) is 17.6 Å². The van der Waals surface area contributed by atoms with E-state index in [0.29, 0.717) is 13.0 Å². The molecule has 1 atom stereocenters. The van der Waals surface area contributed by atoms with Gasteiger partial charge in [-0.1, -0.05) is 12.1 Å². The van der Waals surface area contributed by atoms with Gasteiger partial charge in [-0.05, 0) is 44.4 Å². The van der Waals surface area contributed by atoms with Gasteiger partial charge in [0, 0.05) is 19.0 Å². The quantitative estimate of drug-likeness (QED) is 0.890. The molecule has 1 aliphatic rings. The van der Waals surface area contributed by atoms with Gasteiger partial charge in [0.15, 0.2) is 0 Å². The predicted molar refractivity (Wildman–Crippen MR) is 81.6 cm³/mol. The van der Waals surface area contributed by atoms with E-state index >= 15 is 0 Å². The van der Waals surface area contributed by atoms with Gasteiger partial charge in [-0.15, -0.1) is 0 Å². The Morgan fingerprint density at radius 3 is 2.95 bits per heavy atom. The van der Waals surface area contributed by atoms with Gasteiger partial charge in [0.25, 0.3) is 0 Å². The van der Waals surface area contributed by atoms with Crippen LogP contribution in [0.4, 0.5) is 4.79 Å². The lowest BCUT2D eigenvalue weighted by Crippen LogP contribution is -2.41. The molecule has 0 saturated carbocycles. The average molecular weight is 292 g/mol. The van der Waals surface area contributed by atoms with E-state index in [1.165, 1.54) is 5.56 Å². The number of amides is 1. The van der Waals surface area contributed by atoms with E-state index in [1.807, 2.05) is 32.9 Å². The lowest BCUT2D eigenvalue weighted by atomic mass is 10.0. The number of ether oxygens (including phenoxy) is 2. The Hall–Kier alpha value is -1.75. The van der Waals surface area contributed by atoms with Crippen molar-refractivity contribution in [1.82, 2.24) is 5.32 Å². The summed E-state index contributed by atoms with van der Waals surface area (Å²) in [5.41, 5.74) is 7.97. The van der Waals surface area contributed by atoms with E-state index in [-0.39, 0.29) is 6.04 Å². The number of benzene rings is 1. The first-order valence-corrected chi connectivity index (χ1v) is 7.30. The number of alkyl carbamates (subject to hydrolysis) is 1. The van der Waals surface area contributed by atoms with Gasteiger partial charge < -0.3 is 20.5 Å². The number of hydrogen-bond acceptors (Lipinski definition) is 4. The first kappa shape index (κ1) is 15.6. The highest BCUT2D eigenvalue weighted by Gasteiger charge is 2.17.